The summed E-state index contributed by atoms with van der Waals surface area (Å²) in [5.74, 6) is 0.0158. The number of likely N-dealkylation sites (tertiary alicyclic amines) is 1. The first-order chi connectivity index (χ1) is 13.4. The summed E-state index contributed by atoms with van der Waals surface area (Å²) in [6, 6.07) is 10.7. The van der Waals surface area contributed by atoms with E-state index in [1.807, 2.05) is 19.1 Å². The molecule has 1 aromatic heterocycles. The summed E-state index contributed by atoms with van der Waals surface area (Å²) in [5, 5.41) is 16.2. The maximum atomic E-state index is 12.5. The van der Waals surface area contributed by atoms with E-state index in [1.165, 1.54) is 24.3 Å². The number of carbonyl (C=O) groups is 2. The fourth-order valence-electron chi connectivity index (χ4n) is 3.09. The van der Waals surface area contributed by atoms with Crippen LogP contribution in [0.5, 0.6) is 0 Å². The zero-order valence-electron chi connectivity index (χ0n) is 15.4. The number of hydrogen-bond acceptors (Lipinski definition) is 5. The second kappa shape index (κ2) is 8.47. The second-order valence-electron chi connectivity index (χ2n) is 6.67. The molecular weight excluding hydrogens is 362 g/mol. The molecule has 9 nitrogen and oxygen atoms in total. The van der Waals surface area contributed by atoms with Gasteiger partial charge in [0, 0.05) is 36.6 Å². The smallest absolute Gasteiger partial charge is 0.321 e. The number of nitro benzene ring substituents is 1. The highest BCUT2D eigenvalue weighted by Gasteiger charge is 2.28. The van der Waals surface area contributed by atoms with Crippen molar-refractivity contribution >= 4 is 29.1 Å². The lowest BCUT2D eigenvalue weighted by molar-refractivity contribution is -0.384. The van der Waals surface area contributed by atoms with Gasteiger partial charge >= 0.3 is 6.03 Å². The van der Waals surface area contributed by atoms with Crippen LogP contribution in [-0.2, 0) is 4.79 Å². The van der Waals surface area contributed by atoms with Crippen molar-refractivity contribution < 1.29 is 14.5 Å². The molecule has 3 rings (SSSR count). The third-order valence-corrected chi connectivity index (χ3v) is 4.55. The van der Waals surface area contributed by atoms with Crippen LogP contribution in [0.4, 0.5) is 22.0 Å². The van der Waals surface area contributed by atoms with Gasteiger partial charge in [0.15, 0.2) is 0 Å². The normalized spacial score (nSPS) is 16.3. The fourth-order valence-corrected chi connectivity index (χ4v) is 3.09. The summed E-state index contributed by atoms with van der Waals surface area (Å²) < 4.78 is 0. The highest BCUT2D eigenvalue weighted by Crippen LogP contribution is 2.20. The van der Waals surface area contributed by atoms with E-state index in [0.29, 0.717) is 37.4 Å². The van der Waals surface area contributed by atoms with Gasteiger partial charge in [-0.15, -0.1) is 0 Å². The molecule has 0 saturated carbocycles. The molecule has 146 valence electrons. The molecule has 1 saturated heterocycles. The summed E-state index contributed by atoms with van der Waals surface area (Å²) in [5.41, 5.74) is 1.23. The molecule has 28 heavy (non-hydrogen) atoms. The molecule has 0 spiro atoms. The van der Waals surface area contributed by atoms with Gasteiger partial charge in [-0.2, -0.15) is 0 Å². The Balaban J connectivity index is 1.58. The average Bonchev–Trinajstić information content (AvgIpc) is 2.68. The first-order valence-corrected chi connectivity index (χ1v) is 8.97. The summed E-state index contributed by atoms with van der Waals surface area (Å²) >= 11 is 0. The Kier molecular flexibility index (Phi) is 5.83. The largest absolute Gasteiger partial charge is 0.324 e. The highest BCUT2D eigenvalue weighted by atomic mass is 16.6. The lowest BCUT2D eigenvalue weighted by Gasteiger charge is -2.32. The topological polar surface area (TPSA) is 117 Å². The van der Waals surface area contributed by atoms with E-state index < -0.39 is 4.92 Å². The predicted molar refractivity (Wildman–Crippen MR) is 104 cm³/mol. The molecule has 0 bridgehead atoms. The van der Waals surface area contributed by atoms with Crippen LogP contribution in [0.25, 0.3) is 0 Å². The molecule has 2 aromatic rings. The highest BCUT2D eigenvalue weighted by molar-refractivity contribution is 5.93. The number of nitrogens with zero attached hydrogens (tertiary/aromatic N) is 3. The molecule has 3 amide bonds. The third kappa shape index (κ3) is 4.81. The Hall–Kier alpha value is -3.49. The van der Waals surface area contributed by atoms with Crippen LogP contribution in [0.3, 0.4) is 0 Å². The maximum absolute atomic E-state index is 12.5. The number of benzene rings is 1. The van der Waals surface area contributed by atoms with E-state index in [0.717, 1.165) is 5.69 Å². The first kappa shape index (κ1) is 19.3. The van der Waals surface area contributed by atoms with Crippen LogP contribution in [0.2, 0.25) is 0 Å². The first-order valence-electron chi connectivity index (χ1n) is 8.97. The van der Waals surface area contributed by atoms with Gasteiger partial charge in [-0.25, -0.2) is 9.78 Å². The third-order valence-electron chi connectivity index (χ3n) is 4.55. The Morgan fingerprint density at radius 3 is 2.61 bits per heavy atom. The van der Waals surface area contributed by atoms with Crippen LogP contribution in [0.15, 0.2) is 42.5 Å². The number of rotatable bonds is 4. The molecule has 1 fully saturated rings. The minimum atomic E-state index is -0.497. The van der Waals surface area contributed by atoms with E-state index in [2.05, 4.69) is 15.6 Å². The molecule has 1 aromatic carbocycles. The van der Waals surface area contributed by atoms with Gasteiger partial charge in [-0.3, -0.25) is 14.9 Å². The number of pyridine rings is 1. The molecule has 2 heterocycles. The molecule has 1 aliphatic rings. The molecule has 1 atom stereocenters. The number of aryl methyl sites for hydroxylation is 1. The zero-order valence-corrected chi connectivity index (χ0v) is 15.4. The Morgan fingerprint density at radius 1 is 1.18 bits per heavy atom. The van der Waals surface area contributed by atoms with Crippen LogP contribution >= 0.6 is 0 Å². The molecule has 1 aliphatic heterocycles. The molecule has 0 aliphatic carbocycles. The van der Waals surface area contributed by atoms with Crippen LogP contribution < -0.4 is 10.6 Å². The summed E-state index contributed by atoms with van der Waals surface area (Å²) in [6.07, 6.45) is 1.41. The number of aromatic nitrogens is 1. The van der Waals surface area contributed by atoms with Crippen molar-refractivity contribution in [3.8, 4) is 0 Å². The van der Waals surface area contributed by atoms with Crippen molar-refractivity contribution in [1.82, 2.24) is 9.88 Å². The fraction of sp³-hybridized carbons (Fsp3) is 0.316. The van der Waals surface area contributed by atoms with Crippen LogP contribution in [-0.4, -0.2) is 39.8 Å². The number of hydrogen-bond donors (Lipinski definition) is 2. The minimum absolute atomic E-state index is 0.0440. The number of amides is 3. The number of urea groups is 1. The number of anilines is 2. The van der Waals surface area contributed by atoms with Crippen molar-refractivity contribution in [2.45, 2.75) is 19.8 Å². The number of carbonyl (C=O) groups excluding carboxylic acids is 2. The minimum Gasteiger partial charge on any atom is -0.324 e. The molecular formula is C19H21N5O4. The number of nitrogens with one attached hydrogen (secondary N) is 2. The SMILES string of the molecule is Cc1cccc(NC(=O)C2CCCN(C(=O)Nc3ccc([N+](=O)[O-])cc3)C2)n1. The van der Waals surface area contributed by atoms with E-state index in [1.54, 1.807) is 11.0 Å². The Labute approximate surface area is 161 Å². The van der Waals surface area contributed by atoms with Crippen LogP contribution in [0.1, 0.15) is 18.5 Å². The van der Waals surface area contributed by atoms with Crippen LogP contribution in [0, 0.1) is 23.0 Å². The molecule has 2 N–H and O–H groups in total. The summed E-state index contributed by atoms with van der Waals surface area (Å²) in [7, 11) is 0. The monoisotopic (exact) mass is 383 g/mol. The Bertz CT molecular complexity index is 884. The van der Waals surface area contributed by atoms with Gasteiger partial charge < -0.3 is 15.5 Å². The lowest BCUT2D eigenvalue weighted by atomic mass is 9.97. The molecule has 9 heteroatoms. The zero-order chi connectivity index (χ0) is 20.1. The molecule has 1 unspecified atom stereocenters. The van der Waals surface area contributed by atoms with Gasteiger partial charge in [-0.1, -0.05) is 6.07 Å². The van der Waals surface area contributed by atoms with Gasteiger partial charge in [0.1, 0.15) is 5.82 Å². The van der Waals surface area contributed by atoms with Crippen molar-refractivity contribution in [3.63, 3.8) is 0 Å². The number of non-ortho nitro benzene ring substituents is 1. The molecule has 0 radical (unpaired) electrons. The van der Waals surface area contributed by atoms with Crippen molar-refractivity contribution in [2.75, 3.05) is 23.7 Å². The van der Waals surface area contributed by atoms with Gasteiger partial charge in [-0.05, 0) is 44.0 Å². The van der Waals surface area contributed by atoms with Crippen molar-refractivity contribution in [3.05, 3.63) is 58.3 Å². The quantitative estimate of drug-likeness (QED) is 0.621. The predicted octanol–water partition coefficient (Wildman–Crippen LogP) is 3.18. The van der Waals surface area contributed by atoms with Gasteiger partial charge in [0.25, 0.3) is 5.69 Å². The van der Waals surface area contributed by atoms with E-state index in [9.17, 15) is 19.7 Å². The average molecular weight is 383 g/mol. The standard InChI is InChI=1S/C19H21N5O4/c1-13-4-2-6-17(20-13)22-18(25)14-5-3-11-23(12-14)19(26)21-15-7-9-16(10-8-15)24(27)28/h2,4,6-10,14H,3,5,11-12H2,1H3,(H,21,26)(H,20,22,25). The lowest BCUT2D eigenvalue weighted by Crippen LogP contribution is -2.45. The van der Waals surface area contributed by atoms with E-state index >= 15 is 0 Å². The van der Waals surface area contributed by atoms with E-state index in [-0.39, 0.29) is 23.5 Å². The van der Waals surface area contributed by atoms with E-state index in [4.69, 9.17) is 0 Å². The number of nitro groups is 1. The van der Waals surface area contributed by atoms with Crippen molar-refractivity contribution in [2.24, 2.45) is 5.92 Å². The summed E-state index contributed by atoms with van der Waals surface area (Å²) in [6.45, 7) is 2.70. The van der Waals surface area contributed by atoms with Gasteiger partial charge in [0.05, 0.1) is 10.8 Å². The van der Waals surface area contributed by atoms with Gasteiger partial charge in [0.2, 0.25) is 5.91 Å². The Morgan fingerprint density at radius 2 is 1.93 bits per heavy atom. The number of piperidine rings is 1. The maximum Gasteiger partial charge on any atom is 0.321 e. The summed E-state index contributed by atoms with van der Waals surface area (Å²) in [4.78, 5) is 41.1. The van der Waals surface area contributed by atoms with Crippen molar-refractivity contribution in [1.29, 1.82) is 0 Å². The second-order valence-corrected chi connectivity index (χ2v) is 6.67.